The Labute approximate surface area is 297 Å². The highest BCUT2D eigenvalue weighted by Gasteiger charge is 2.25. The Kier molecular flexibility index (Phi) is 10.3. The molecule has 4 N–H and O–H groups in total. The first-order valence-electron chi connectivity index (χ1n) is 15.6. The van der Waals surface area contributed by atoms with Crippen LogP contribution in [0.2, 0.25) is 10.0 Å². The molecule has 1 saturated carbocycles. The summed E-state index contributed by atoms with van der Waals surface area (Å²) in [7, 11) is 0. The molecular weight excluding hydrogens is 675 g/mol. The molecule has 0 bridgehead atoms. The van der Waals surface area contributed by atoms with Gasteiger partial charge in [-0.2, -0.15) is 0 Å². The highest BCUT2D eigenvalue weighted by molar-refractivity contribution is 6.33. The molecule has 2 aromatic heterocycles. The smallest absolute Gasteiger partial charge is 0.337 e. The fourth-order valence-corrected chi connectivity index (χ4v) is 5.56. The van der Waals surface area contributed by atoms with Crippen LogP contribution in [0.5, 0.6) is 0 Å². The number of carboxylic acid groups (broad SMARTS) is 2. The van der Waals surface area contributed by atoms with Crippen LogP contribution >= 0.6 is 23.2 Å². The molecule has 0 radical (unpaired) electrons. The number of hydrogen-bond donors (Lipinski definition) is 4. The molecule has 7 rings (SSSR count). The maximum absolute atomic E-state index is 11.6. The summed E-state index contributed by atoms with van der Waals surface area (Å²) in [5, 5.41) is 26.1. The number of aromatic nitrogens is 4. The summed E-state index contributed by atoms with van der Waals surface area (Å²) in [5.41, 5.74) is 6.13. The lowest BCUT2D eigenvalue weighted by Gasteiger charge is -2.11. The summed E-state index contributed by atoms with van der Waals surface area (Å²) in [4.78, 5) is 40.2. The van der Waals surface area contributed by atoms with E-state index < -0.39 is 11.9 Å². The van der Waals surface area contributed by atoms with Crippen molar-refractivity contribution in [2.45, 2.75) is 25.7 Å². The molecule has 1 aliphatic carbocycles. The lowest BCUT2D eigenvalue weighted by molar-refractivity contribution is 0.0687. The molecule has 12 heteroatoms. The summed E-state index contributed by atoms with van der Waals surface area (Å²) in [6, 6.07) is 25.4. The second kappa shape index (κ2) is 15.1. The molecular formula is C38H30Cl2N6O4. The molecule has 6 aromatic rings. The van der Waals surface area contributed by atoms with Crippen molar-refractivity contribution in [2.24, 2.45) is 0 Å². The molecule has 0 aliphatic heterocycles. The third kappa shape index (κ3) is 8.23. The second-order valence-electron chi connectivity index (χ2n) is 11.5. The van der Waals surface area contributed by atoms with Gasteiger partial charge in [0.25, 0.3) is 0 Å². The molecule has 0 saturated heterocycles. The number of aryl methyl sites for hydroxylation is 1. The molecule has 250 valence electrons. The Morgan fingerprint density at radius 2 is 1.08 bits per heavy atom. The molecule has 1 aliphatic rings. The minimum absolute atomic E-state index is 0.199. The van der Waals surface area contributed by atoms with E-state index in [0.29, 0.717) is 50.4 Å². The lowest BCUT2D eigenvalue weighted by atomic mass is 10.0. The van der Waals surface area contributed by atoms with Gasteiger partial charge < -0.3 is 20.8 Å². The fraction of sp³-hybridized carbons (Fsp3) is 0.105. The third-order valence-electron chi connectivity index (χ3n) is 7.82. The Bertz CT molecular complexity index is 2170. The van der Waals surface area contributed by atoms with E-state index in [2.05, 4.69) is 30.6 Å². The molecule has 0 spiro atoms. The summed E-state index contributed by atoms with van der Waals surface area (Å²) in [5.74, 6) is -0.420. The van der Waals surface area contributed by atoms with Crippen LogP contribution in [0.3, 0.4) is 0 Å². The van der Waals surface area contributed by atoms with Gasteiger partial charge in [-0.1, -0.05) is 65.2 Å². The van der Waals surface area contributed by atoms with Crippen LogP contribution in [0, 0.1) is 6.92 Å². The number of carbonyl (C=O) groups is 2. The normalized spacial score (nSPS) is 12.0. The predicted octanol–water partition coefficient (Wildman–Crippen LogP) is 9.66. The number of hydrogen-bond acceptors (Lipinski definition) is 8. The predicted molar refractivity (Wildman–Crippen MR) is 195 cm³/mol. The van der Waals surface area contributed by atoms with Gasteiger partial charge in [0, 0.05) is 11.1 Å². The Morgan fingerprint density at radius 3 is 1.52 bits per heavy atom. The summed E-state index contributed by atoms with van der Waals surface area (Å²) in [6.07, 6.45) is 8.68. The molecule has 0 unspecified atom stereocenters. The van der Waals surface area contributed by atoms with Crippen molar-refractivity contribution in [2.75, 3.05) is 10.6 Å². The Hall–Kier alpha value is -5.84. The Morgan fingerprint density at radius 1 is 0.640 bits per heavy atom. The quantitative estimate of drug-likeness (QED) is 0.114. The van der Waals surface area contributed by atoms with Crippen LogP contribution in [0.15, 0.2) is 110 Å². The average molecular weight is 706 g/mol. The van der Waals surface area contributed by atoms with Crippen molar-refractivity contribution in [3.63, 3.8) is 0 Å². The number of halogens is 2. The van der Waals surface area contributed by atoms with E-state index in [0.717, 1.165) is 35.1 Å². The Balaban J connectivity index is 0.000000174. The highest BCUT2D eigenvalue weighted by Crippen LogP contribution is 2.41. The van der Waals surface area contributed by atoms with E-state index in [-0.39, 0.29) is 11.1 Å². The van der Waals surface area contributed by atoms with E-state index in [1.165, 1.54) is 0 Å². The van der Waals surface area contributed by atoms with Crippen LogP contribution in [0.1, 0.15) is 50.6 Å². The first-order valence-corrected chi connectivity index (χ1v) is 16.3. The number of aromatic carboxylic acids is 2. The van der Waals surface area contributed by atoms with Gasteiger partial charge >= 0.3 is 11.9 Å². The molecule has 2 heterocycles. The molecule has 10 nitrogen and oxygen atoms in total. The third-order valence-corrected chi connectivity index (χ3v) is 8.48. The summed E-state index contributed by atoms with van der Waals surface area (Å²) < 4.78 is 0. The number of rotatable bonds is 9. The van der Waals surface area contributed by atoms with Crippen LogP contribution in [0.4, 0.5) is 22.7 Å². The number of nitrogens with zero attached hydrogens (tertiary/aromatic N) is 4. The first-order chi connectivity index (χ1) is 24.2. The number of benzene rings is 4. The van der Waals surface area contributed by atoms with Crippen molar-refractivity contribution in [1.82, 2.24) is 19.9 Å². The topological polar surface area (TPSA) is 150 Å². The zero-order valence-electron chi connectivity index (χ0n) is 26.6. The standard InChI is InChI=1S/C20H16ClN3O2.C18H14ClN3O2/c21-17-4-2-1-3-15(17)19-22-10-14(11-23-19)24-18-8-7-13(12-5-6-12)9-16(18)20(25)26;1-11-6-7-16(14(8-11)18(23)24)22-12-9-20-17(21-10-12)13-4-2-3-5-15(13)19/h1-4,7-12,24H,5-6H2,(H,25,26);2-10,22H,1H3,(H,23,24). The van der Waals surface area contributed by atoms with Gasteiger partial charge in [-0.25, -0.2) is 29.5 Å². The zero-order valence-corrected chi connectivity index (χ0v) is 28.2. The van der Waals surface area contributed by atoms with Crippen LogP contribution in [-0.4, -0.2) is 42.1 Å². The van der Waals surface area contributed by atoms with E-state index in [1.807, 2.05) is 55.5 Å². The average Bonchev–Trinajstić information content (AvgIpc) is 3.97. The molecule has 0 atom stereocenters. The minimum Gasteiger partial charge on any atom is -0.478 e. The van der Waals surface area contributed by atoms with Gasteiger partial charge in [-0.05, 0) is 79.8 Å². The van der Waals surface area contributed by atoms with Gasteiger partial charge in [-0.15, -0.1) is 0 Å². The van der Waals surface area contributed by atoms with Gasteiger partial charge in [0.15, 0.2) is 11.6 Å². The van der Waals surface area contributed by atoms with Crippen molar-refractivity contribution in [3.05, 3.63) is 142 Å². The maximum Gasteiger partial charge on any atom is 0.337 e. The van der Waals surface area contributed by atoms with Crippen molar-refractivity contribution < 1.29 is 19.8 Å². The summed E-state index contributed by atoms with van der Waals surface area (Å²) >= 11 is 12.3. The summed E-state index contributed by atoms with van der Waals surface area (Å²) in [6.45, 7) is 1.84. The van der Waals surface area contributed by atoms with Gasteiger partial charge in [0.05, 0.1) is 68.7 Å². The monoisotopic (exact) mass is 704 g/mol. The second-order valence-corrected chi connectivity index (χ2v) is 12.4. The first kappa shape index (κ1) is 34.0. The van der Waals surface area contributed by atoms with E-state index in [4.69, 9.17) is 23.2 Å². The largest absolute Gasteiger partial charge is 0.478 e. The van der Waals surface area contributed by atoms with Gasteiger partial charge in [-0.3, -0.25) is 0 Å². The molecule has 0 amide bonds. The fourth-order valence-electron chi connectivity index (χ4n) is 5.12. The maximum atomic E-state index is 11.6. The van der Waals surface area contributed by atoms with E-state index in [1.54, 1.807) is 61.2 Å². The van der Waals surface area contributed by atoms with E-state index in [9.17, 15) is 19.8 Å². The zero-order chi connectivity index (χ0) is 35.2. The van der Waals surface area contributed by atoms with Crippen molar-refractivity contribution in [1.29, 1.82) is 0 Å². The van der Waals surface area contributed by atoms with Crippen molar-refractivity contribution >= 4 is 57.9 Å². The number of nitrogens with one attached hydrogen (secondary N) is 2. The molecule has 50 heavy (non-hydrogen) atoms. The van der Waals surface area contributed by atoms with Crippen LogP contribution in [0.25, 0.3) is 22.8 Å². The van der Waals surface area contributed by atoms with Gasteiger partial charge in [0.2, 0.25) is 0 Å². The minimum atomic E-state index is -0.991. The van der Waals surface area contributed by atoms with Gasteiger partial charge in [0.1, 0.15) is 0 Å². The number of carboxylic acids is 2. The molecule has 1 fully saturated rings. The van der Waals surface area contributed by atoms with Crippen LogP contribution < -0.4 is 10.6 Å². The SMILES string of the molecule is Cc1ccc(Nc2cnc(-c3ccccc3Cl)nc2)c(C(=O)O)c1.O=C(O)c1cc(C2CC2)ccc1Nc1cnc(-c2ccccc2Cl)nc1. The van der Waals surface area contributed by atoms with Crippen LogP contribution in [-0.2, 0) is 0 Å². The lowest BCUT2D eigenvalue weighted by Crippen LogP contribution is -2.04. The number of anilines is 4. The highest BCUT2D eigenvalue weighted by atomic mass is 35.5. The van der Waals surface area contributed by atoms with Crippen molar-refractivity contribution in [3.8, 4) is 22.8 Å². The van der Waals surface area contributed by atoms with E-state index >= 15 is 0 Å². The molecule has 4 aromatic carbocycles.